The maximum absolute atomic E-state index is 9.90. The van der Waals surface area contributed by atoms with E-state index in [1.165, 1.54) is 0 Å². The summed E-state index contributed by atoms with van der Waals surface area (Å²) in [4.78, 5) is 0. The Morgan fingerprint density at radius 2 is 0.667 bits per heavy atom. The summed E-state index contributed by atoms with van der Waals surface area (Å²) in [5.74, 6) is 0. The van der Waals surface area contributed by atoms with E-state index in [-0.39, 0.29) is 0 Å². The van der Waals surface area contributed by atoms with Crippen molar-refractivity contribution in [2.45, 2.75) is 0 Å². The summed E-state index contributed by atoms with van der Waals surface area (Å²) >= 11 is -9.10. The molecule has 0 aromatic carbocycles. The van der Waals surface area contributed by atoms with Gasteiger partial charge in [0.1, 0.15) is 0 Å². The van der Waals surface area contributed by atoms with Crippen molar-refractivity contribution in [1.29, 1.82) is 0 Å². The summed E-state index contributed by atoms with van der Waals surface area (Å²) in [6.45, 7) is 0. The Morgan fingerprint density at radius 3 is 0.667 bits per heavy atom. The quantitative estimate of drug-likeness (QED) is 0.359. The summed E-state index contributed by atoms with van der Waals surface area (Å²) in [6.07, 6.45) is 0. The van der Waals surface area contributed by atoms with Crippen LogP contribution in [0.2, 0.25) is 0 Å². The third-order valence-corrected chi connectivity index (χ3v) is 0. The Hall–Kier alpha value is 0.364. The Balaban J connectivity index is 3.73. The van der Waals surface area contributed by atoms with E-state index in [2.05, 4.69) is 0 Å². The van der Waals surface area contributed by atoms with Gasteiger partial charge in [0.2, 0.25) is 0 Å². The first-order valence-electron chi connectivity index (χ1n) is 0.945. The van der Waals surface area contributed by atoms with Crippen LogP contribution < -0.4 is 0 Å². The van der Waals surface area contributed by atoms with Gasteiger partial charge in [-0.1, -0.05) is 0 Å². The Morgan fingerprint density at radius 1 is 0.667 bits per heavy atom. The zero-order valence-electron chi connectivity index (χ0n) is 2.39. The predicted molar refractivity (Wildman–Crippen MR) is 5.54 cm³/mol. The van der Waals surface area contributed by atoms with Crippen molar-refractivity contribution in [3.8, 4) is 0 Å². The molecule has 0 nitrogen and oxygen atoms in total. The predicted octanol–water partition coefficient (Wildman–Crippen LogP) is 2.10. The van der Waals surface area contributed by atoms with E-state index in [0.29, 0.717) is 0 Å². The Kier molecular flexibility index (Phi) is 1.01. The molecule has 0 spiro atoms. The van der Waals surface area contributed by atoms with Crippen LogP contribution in [0.4, 0.5) is 15.5 Å². The van der Waals surface area contributed by atoms with Crippen LogP contribution in [-0.4, -0.2) is 0 Å². The second-order valence-electron chi connectivity index (χ2n) is 0.714. The van der Waals surface area contributed by atoms with Crippen LogP contribution in [-0.2, 0) is 18.0 Å². The van der Waals surface area contributed by atoms with Crippen molar-refractivity contribution < 1.29 is 33.4 Å². The Labute approximate surface area is 34.2 Å². The molecule has 6 heteroatoms. The van der Waals surface area contributed by atoms with E-state index in [4.69, 9.17) is 0 Å². The fraction of sp³-hybridized carbons (Fsp3) is 0. The molecule has 0 N–H and O–H groups in total. The number of halogens is 5. The van der Waals surface area contributed by atoms with Gasteiger partial charge < -0.3 is 0 Å². The van der Waals surface area contributed by atoms with E-state index in [1.54, 1.807) is 0 Å². The zero-order valence-corrected chi connectivity index (χ0v) is 3.95. The van der Waals surface area contributed by atoms with Gasteiger partial charge in [0.15, 0.2) is 0 Å². The van der Waals surface area contributed by atoms with Gasteiger partial charge in [-0.25, -0.2) is 0 Å². The molecular formula is F5Ti. The maximum atomic E-state index is 9.90. The van der Waals surface area contributed by atoms with Crippen molar-refractivity contribution in [3.63, 3.8) is 0 Å². The Bertz CT molecular complexity index is 37.1. The van der Waals surface area contributed by atoms with Crippen LogP contribution in [0.25, 0.3) is 0 Å². The third-order valence-electron chi connectivity index (χ3n) is 0. The van der Waals surface area contributed by atoms with E-state index >= 15 is 0 Å². The van der Waals surface area contributed by atoms with Crippen molar-refractivity contribution in [2.24, 2.45) is 0 Å². The molecule has 0 saturated heterocycles. The molecule has 39 valence electrons. The van der Waals surface area contributed by atoms with Gasteiger partial charge >= 0.3 is 33.4 Å². The molecule has 0 atom stereocenters. The number of rotatable bonds is 0. The van der Waals surface area contributed by atoms with Crippen LogP contribution >= 0.6 is 0 Å². The van der Waals surface area contributed by atoms with Gasteiger partial charge in [0.25, 0.3) is 0 Å². The zero-order chi connectivity index (χ0) is 5.45. The van der Waals surface area contributed by atoms with Crippen LogP contribution in [0.5, 0.6) is 0 Å². The molecule has 0 amide bonds. The molecular weight excluding hydrogens is 143 g/mol. The first-order valence-corrected chi connectivity index (χ1v) is 3.90. The summed E-state index contributed by atoms with van der Waals surface area (Å²) in [7, 11) is 0. The molecule has 0 radical (unpaired) electrons. The monoisotopic (exact) mass is 143 g/mol. The average Bonchev–Trinajstić information content (AvgIpc) is 0.650. The second kappa shape index (κ2) is 0.951. The van der Waals surface area contributed by atoms with Gasteiger partial charge in [-0.2, -0.15) is 0 Å². The van der Waals surface area contributed by atoms with E-state index in [0.717, 1.165) is 0 Å². The van der Waals surface area contributed by atoms with Crippen molar-refractivity contribution in [3.05, 3.63) is 0 Å². The summed E-state index contributed by atoms with van der Waals surface area (Å²) in [5.41, 5.74) is 0. The molecule has 0 saturated carbocycles. The normalized spacial score (nSPS) is 19.2. The van der Waals surface area contributed by atoms with Gasteiger partial charge in [-0.15, -0.1) is 0 Å². The van der Waals surface area contributed by atoms with E-state index < -0.39 is 18.0 Å². The van der Waals surface area contributed by atoms with Gasteiger partial charge in [-0.05, 0) is 0 Å². The van der Waals surface area contributed by atoms with Gasteiger partial charge in [0, 0.05) is 0 Å². The molecule has 0 bridgehead atoms. The molecule has 0 aliphatic rings. The van der Waals surface area contributed by atoms with Crippen LogP contribution in [0.1, 0.15) is 0 Å². The van der Waals surface area contributed by atoms with Crippen molar-refractivity contribution in [1.82, 2.24) is 0 Å². The van der Waals surface area contributed by atoms with Crippen molar-refractivity contribution >= 4 is 0 Å². The minimum atomic E-state index is -9.10. The van der Waals surface area contributed by atoms with Crippen LogP contribution in [0, 0.1) is 0 Å². The molecule has 0 unspecified atom stereocenters. The van der Waals surface area contributed by atoms with Gasteiger partial charge in [0.05, 0.1) is 0 Å². The second-order valence-corrected chi connectivity index (χ2v) is 2.95. The summed E-state index contributed by atoms with van der Waals surface area (Å²) in [5, 5.41) is 0. The first kappa shape index (κ1) is 6.36. The number of hydrogen-bond donors (Lipinski definition) is 0. The molecule has 0 heterocycles. The third kappa shape index (κ3) is 372. The molecule has 6 heavy (non-hydrogen) atoms. The fourth-order valence-electron chi connectivity index (χ4n) is 0. The first-order chi connectivity index (χ1) is 2.24. The fourth-order valence-corrected chi connectivity index (χ4v) is 0. The number of hydrogen-bond acceptors (Lipinski definition) is 0. The van der Waals surface area contributed by atoms with E-state index in [9.17, 15) is 15.5 Å². The molecule has 0 rings (SSSR count). The SMILES string of the molecule is [F][Ti]([F])([F])([F])[F]. The molecule has 0 aromatic heterocycles. The summed E-state index contributed by atoms with van der Waals surface area (Å²) in [6, 6.07) is 0. The topological polar surface area (TPSA) is 0 Å². The molecule has 0 fully saturated rings. The molecule has 0 aliphatic heterocycles. The summed E-state index contributed by atoms with van der Waals surface area (Å²) < 4.78 is 49.5. The minimum absolute atomic E-state index is 9.10. The average molecular weight is 143 g/mol. The molecule has 0 aliphatic carbocycles. The van der Waals surface area contributed by atoms with Crippen molar-refractivity contribution in [2.75, 3.05) is 0 Å². The van der Waals surface area contributed by atoms with E-state index in [1.807, 2.05) is 0 Å². The van der Waals surface area contributed by atoms with Crippen LogP contribution in [0.3, 0.4) is 0 Å². The van der Waals surface area contributed by atoms with Gasteiger partial charge in [-0.3, -0.25) is 0 Å². The standard InChI is InChI=1S/5FH.Ti/h5*1H;/q;;;;;+5/p-5. The van der Waals surface area contributed by atoms with Crippen LogP contribution in [0.15, 0.2) is 0 Å². The molecule has 0 aromatic rings.